The molecule has 1 N–H and O–H groups in total. The lowest BCUT2D eigenvalue weighted by Gasteiger charge is -2.32. The number of nitrogens with zero attached hydrogens (tertiary/aromatic N) is 1. The molecule has 2 nitrogen and oxygen atoms in total. The molecule has 0 bridgehead atoms. The van der Waals surface area contributed by atoms with Crippen molar-refractivity contribution in [2.45, 2.75) is 38.5 Å². The van der Waals surface area contributed by atoms with Gasteiger partial charge in [0.05, 0.1) is 0 Å². The standard InChI is InChI=1S/C26H31NO/c1-20(23-7-8-25-19-26(28)10-9-24(25)18-23)11-14-27-15-12-22(13-16-27)17-21-5-3-2-4-6-21/h2-10,18-20,22,28H,11-17H2,1H3. The van der Waals surface area contributed by atoms with Gasteiger partial charge >= 0.3 is 0 Å². The summed E-state index contributed by atoms with van der Waals surface area (Å²) in [4.78, 5) is 2.65. The van der Waals surface area contributed by atoms with E-state index in [2.05, 4.69) is 60.4 Å². The molecule has 1 aliphatic heterocycles. The zero-order valence-corrected chi connectivity index (χ0v) is 16.8. The summed E-state index contributed by atoms with van der Waals surface area (Å²) in [6.07, 6.45) is 5.08. The topological polar surface area (TPSA) is 23.5 Å². The number of phenolic OH excluding ortho intramolecular Hbond substituents is 1. The van der Waals surface area contributed by atoms with Gasteiger partial charge in [-0.25, -0.2) is 0 Å². The number of benzene rings is 3. The van der Waals surface area contributed by atoms with Gasteiger partial charge in [-0.15, -0.1) is 0 Å². The number of rotatable bonds is 6. The Morgan fingerprint density at radius 1 is 0.929 bits per heavy atom. The largest absolute Gasteiger partial charge is 0.508 e. The van der Waals surface area contributed by atoms with Crippen LogP contribution in [0.1, 0.15) is 43.2 Å². The van der Waals surface area contributed by atoms with Gasteiger partial charge in [0.25, 0.3) is 0 Å². The zero-order chi connectivity index (χ0) is 19.3. The Balaban J connectivity index is 1.26. The van der Waals surface area contributed by atoms with Crippen LogP contribution in [0.5, 0.6) is 5.75 Å². The summed E-state index contributed by atoms with van der Waals surface area (Å²) in [5, 5.41) is 12.0. The first-order valence-corrected chi connectivity index (χ1v) is 10.7. The fourth-order valence-electron chi connectivity index (χ4n) is 4.46. The molecule has 0 amide bonds. The van der Waals surface area contributed by atoms with Crippen LogP contribution in [0.3, 0.4) is 0 Å². The molecule has 1 heterocycles. The number of piperidine rings is 1. The predicted molar refractivity (Wildman–Crippen MR) is 118 cm³/mol. The Bertz CT molecular complexity index is 897. The summed E-state index contributed by atoms with van der Waals surface area (Å²) >= 11 is 0. The lowest BCUT2D eigenvalue weighted by molar-refractivity contribution is 0.179. The van der Waals surface area contributed by atoms with Gasteiger partial charge in [-0.3, -0.25) is 0 Å². The number of aromatic hydroxyl groups is 1. The van der Waals surface area contributed by atoms with Crippen LogP contribution in [-0.4, -0.2) is 29.6 Å². The summed E-state index contributed by atoms with van der Waals surface area (Å²) in [6.45, 7) is 6.00. The lowest BCUT2D eigenvalue weighted by Crippen LogP contribution is -2.35. The van der Waals surface area contributed by atoms with E-state index in [1.54, 1.807) is 6.07 Å². The van der Waals surface area contributed by atoms with Crippen molar-refractivity contribution in [1.29, 1.82) is 0 Å². The van der Waals surface area contributed by atoms with Crippen LogP contribution in [0, 0.1) is 5.92 Å². The van der Waals surface area contributed by atoms with Gasteiger partial charge in [0.1, 0.15) is 5.75 Å². The molecule has 0 aromatic heterocycles. The van der Waals surface area contributed by atoms with Crippen LogP contribution in [-0.2, 0) is 6.42 Å². The second-order valence-corrected chi connectivity index (χ2v) is 8.46. The van der Waals surface area contributed by atoms with E-state index in [0.29, 0.717) is 11.7 Å². The van der Waals surface area contributed by atoms with Crippen molar-refractivity contribution in [1.82, 2.24) is 4.90 Å². The van der Waals surface area contributed by atoms with Crippen molar-refractivity contribution < 1.29 is 5.11 Å². The van der Waals surface area contributed by atoms with Gasteiger partial charge in [-0.2, -0.15) is 0 Å². The smallest absolute Gasteiger partial charge is 0.116 e. The molecule has 0 spiro atoms. The van der Waals surface area contributed by atoms with Crippen molar-refractivity contribution in [3.05, 3.63) is 77.9 Å². The highest BCUT2D eigenvalue weighted by Crippen LogP contribution is 2.27. The Labute approximate surface area is 168 Å². The second kappa shape index (κ2) is 8.79. The summed E-state index contributed by atoms with van der Waals surface area (Å²) in [6, 6.07) is 23.2. The minimum atomic E-state index is 0.337. The van der Waals surface area contributed by atoms with Gasteiger partial charge < -0.3 is 10.0 Å². The van der Waals surface area contributed by atoms with Gasteiger partial charge in [0, 0.05) is 0 Å². The van der Waals surface area contributed by atoms with E-state index in [4.69, 9.17) is 0 Å². The van der Waals surface area contributed by atoms with Crippen molar-refractivity contribution in [2.24, 2.45) is 5.92 Å². The Morgan fingerprint density at radius 3 is 2.43 bits per heavy atom. The average Bonchev–Trinajstić information content (AvgIpc) is 2.73. The maximum absolute atomic E-state index is 9.63. The van der Waals surface area contributed by atoms with Gasteiger partial charge in [-0.1, -0.05) is 61.5 Å². The average molecular weight is 374 g/mol. The number of likely N-dealkylation sites (tertiary alicyclic amines) is 1. The molecule has 1 aliphatic rings. The summed E-state index contributed by atoms with van der Waals surface area (Å²) in [7, 11) is 0. The molecular weight excluding hydrogens is 342 g/mol. The third-order valence-electron chi connectivity index (χ3n) is 6.37. The molecule has 0 saturated carbocycles. The molecule has 1 atom stereocenters. The van der Waals surface area contributed by atoms with E-state index in [1.165, 1.54) is 61.8 Å². The molecule has 2 heteroatoms. The molecular formula is C26H31NO. The summed E-state index contributed by atoms with van der Waals surface area (Å²) < 4.78 is 0. The minimum absolute atomic E-state index is 0.337. The van der Waals surface area contributed by atoms with Gasteiger partial charge in [-0.05, 0) is 91.2 Å². The molecule has 0 radical (unpaired) electrons. The number of hydrogen-bond acceptors (Lipinski definition) is 2. The molecule has 1 unspecified atom stereocenters. The third-order valence-corrected chi connectivity index (χ3v) is 6.37. The quantitative estimate of drug-likeness (QED) is 0.573. The van der Waals surface area contributed by atoms with E-state index in [0.717, 1.165) is 11.3 Å². The second-order valence-electron chi connectivity index (χ2n) is 8.46. The van der Waals surface area contributed by atoms with E-state index < -0.39 is 0 Å². The first-order chi connectivity index (χ1) is 13.7. The molecule has 146 valence electrons. The van der Waals surface area contributed by atoms with Gasteiger partial charge in [0.2, 0.25) is 0 Å². The maximum Gasteiger partial charge on any atom is 0.116 e. The van der Waals surface area contributed by atoms with Crippen LogP contribution < -0.4 is 0 Å². The van der Waals surface area contributed by atoms with Crippen LogP contribution >= 0.6 is 0 Å². The molecule has 3 aromatic rings. The molecule has 0 aliphatic carbocycles. The van der Waals surface area contributed by atoms with Crippen molar-refractivity contribution in [3.63, 3.8) is 0 Å². The van der Waals surface area contributed by atoms with Crippen LogP contribution in [0.4, 0.5) is 0 Å². The first kappa shape index (κ1) is 19.0. The Hall–Kier alpha value is -2.32. The highest BCUT2D eigenvalue weighted by molar-refractivity contribution is 5.84. The van der Waals surface area contributed by atoms with Crippen LogP contribution in [0.15, 0.2) is 66.7 Å². The SMILES string of the molecule is CC(CCN1CCC(Cc2ccccc2)CC1)c1ccc2cc(O)ccc2c1. The van der Waals surface area contributed by atoms with E-state index in [1.807, 2.05) is 12.1 Å². The highest BCUT2D eigenvalue weighted by Gasteiger charge is 2.20. The molecule has 1 saturated heterocycles. The molecule has 28 heavy (non-hydrogen) atoms. The fourth-order valence-corrected chi connectivity index (χ4v) is 4.46. The lowest BCUT2D eigenvalue weighted by atomic mass is 9.89. The van der Waals surface area contributed by atoms with E-state index >= 15 is 0 Å². The highest BCUT2D eigenvalue weighted by atomic mass is 16.3. The summed E-state index contributed by atoms with van der Waals surface area (Å²) in [5.74, 6) is 1.73. The fraction of sp³-hybridized carbons (Fsp3) is 0.385. The monoisotopic (exact) mass is 373 g/mol. The summed E-state index contributed by atoms with van der Waals surface area (Å²) in [5.41, 5.74) is 2.89. The van der Waals surface area contributed by atoms with Crippen molar-refractivity contribution in [3.8, 4) is 5.75 Å². The third kappa shape index (κ3) is 4.74. The zero-order valence-electron chi connectivity index (χ0n) is 16.8. The van der Waals surface area contributed by atoms with Crippen molar-refractivity contribution >= 4 is 10.8 Å². The van der Waals surface area contributed by atoms with E-state index in [9.17, 15) is 5.11 Å². The number of fused-ring (bicyclic) bond motifs is 1. The van der Waals surface area contributed by atoms with Gasteiger partial charge in [0.15, 0.2) is 0 Å². The number of phenols is 1. The minimum Gasteiger partial charge on any atom is -0.508 e. The first-order valence-electron chi connectivity index (χ1n) is 10.7. The normalized spacial score (nSPS) is 17.0. The number of hydrogen-bond donors (Lipinski definition) is 1. The maximum atomic E-state index is 9.63. The van der Waals surface area contributed by atoms with Crippen LogP contribution in [0.25, 0.3) is 10.8 Å². The molecule has 4 rings (SSSR count). The van der Waals surface area contributed by atoms with E-state index in [-0.39, 0.29) is 0 Å². The Kier molecular flexibility index (Phi) is 5.97. The van der Waals surface area contributed by atoms with Crippen molar-refractivity contribution in [2.75, 3.05) is 19.6 Å². The molecule has 3 aromatic carbocycles. The molecule has 1 fully saturated rings. The van der Waals surface area contributed by atoms with Crippen LogP contribution in [0.2, 0.25) is 0 Å². The predicted octanol–water partition coefficient (Wildman–Crippen LogP) is 5.99. The Morgan fingerprint density at radius 2 is 1.64 bits per heavy atom.